The molecule has 1 aliphatic heterocycles. The second kappa shape index (κ2) is 3.52. The van der Waals surface area contributed by atoms with Crippen molar-refractivity contribution < 1.29 is 5.11 Å². The third kappa shape index (κ3) is 1.33. The maximum atomic E-state index is 10.2. The van der Waals surface area contributed by atoms with Gasteiger partial charge >= 0.3 is 0 Å². The minimum atomic E-state index is 0.311. The molecule has 3 nitrogen and oxygen atoms in total. The van der Waals surface area contributed by atoms with E-state index in [-0.39, 0.29) is 0 Å². The summed E-state index contributed by atoms with van der Waals surface area (Å²) < 4.78 is 0. The molecule has 0 bridgehead atoms. The highest BCUT2D eigenvalue weighted by Crippen LogP contribution is 2.28. The summed E-state index contributed by atoms with van der Waals surface area (Å²) in [6, 6.07) is 11.7. The number of hydrogen-bond donors (Lipinski definition) is 2. The van der Waals surface area contributed by atoms with Crippen LogP contribution in [0.25, 0.3) is 10.8 Å². The molecular weight excluding hydrogens is 200 g/mol. The van der Waals surface area contributed by atoms with Crippen molar-refractivity contribution >= 4 is 16.6 Å². The van der Waals surface area contributed by atoms with E-state index in [0.29, 0.717) is 5.75 Å². The summed E-state index contributed by atoms with van der Waals surface area (Å²) in [6.07, 6.45) is 0. The Morgan fingerprint density at radius 1 is 1.12 bits per heavy atom. The lowest BCUT2D eigenvalue weighted by atomic mass is 10.0. The van der Waals surface area contributed by atoms with Crippen molar-refractivity contribution in [3.05, 3.63) is 42.0 Å². The number of phenols is 1. The highest BCUT2D eigenvalue weighted by atomic mass is 16.3. The van der Waals surface area contributed by atoms with Crippen LogP contribution in [-0.2, 0) is 0 Å². The third-order valence-corrected chi connectivity index (χ3v) is 2.83. The normalized spacial score (nSPS) is 14.9. The zero-order valence-corrected chi connectivity index (χ0v) is 8.77. The summed E-state index contributed by atoms with van der Waals surface area (Å²) in [7, 11) is 0. The van der Waals surface area contributed by atoms with Gasteiger partial charge in [0.25, 0.3) is 0 Å². The molecule has 1 heterocycles. The lowest BCUT2D eigenvalue weighted by molar-refractivity contribution is 0.480. The quantitative estimate of drug-likeness (QED) is 0.758. The fourth-order valence-corrected chi connectivity index (χ4v) is 2.02. The maximum Gasteiger partial charge on any atom is 0.134 e. The van der Waals surface area contributed by atoms with Crippen molar-refractivity contribution in [2.75, 3.05) is 13.1 Å². The molecule has 2 aromatic rings. The van der Waals surface area contributed by atoms with Crippen LogP contribution in [0.2, 0.25) is 0 Å². The van der Waals surface area contributed by atoms with Gasteiger partial charge in [0.1, 0.15) is 11.6 Å². The largest absolute Gasteiger partial charge is 0.507 e. The molecule has 2 aromatic carbocycles. The van der Waals surface area contributed by atoms with Gasteiger partial charge in [0, 0.05) is 11.9 Å². The van der Waals surface area contributed by atoms with Crippen molar-refractivity contribution in [1.29, 1.82) is 0 Å². The number of aromatic hydroxyl groups is 1. The molecule has 0 aliphatic carbocycles. The van der Waals surface area contributed by atoms with Crippen LogP contribution < -0.4 is 5.32 Å². The molecule has 0 amide bonds. The molecule has 0 saturated carbocycles. The average molecular weight is 212 g/mol. The molecule has 80 valence electrons. The molecule has 0 radical (unpaired) electrons. The number of amidine groups is 1. The van der Waals surface area contributed by atoms with Crippen molar-refractivity contribution in [1.82, 2.24) is 5.32 Å². The van der Waals surface area contributed by atoms with Crippen LogP contribution in [0.5, 0.6) is 5.75 Å². The minimum Gasteiger partial charge on any atom is -0.507 e. The second-order valence-corrected chi connectivity index (χ2v) is 3.84. The molecule has 0 unspecified atom stereocenters. The summed E-state index contributed by atoms with van der Waals surface area (Å²) in [5.41, 5.74) is 0.788. The first-order chi connectivity index (χ1) is 7.86. The SMILES string of the molecule is Oc1c(C2=NCCN2)ccc2ccccc12. The van der Waals surface area contributed by atoms with Crippen LogP contribution >= 0.6 is 0 Å². The Balaban J connectivity index is 2.23. The lowest BCUT2D eigenvalue weighted by Crippen LogP contribution is -2.19. The summed E-state index contributed by atoms with van der Waals surface area (Å²) in [5.74, 6) is 1.11. The number of nitrogens with one attached hydrogen (secondary N) is 1. The first kappa shape index (κ1) is 9.21. The van der Waals surface area contributed by atoms with Gasteiger partial charge in [-0.3, -0.25) is 4.99 Å². The molecule has 0 spiro atoms. The van der Waals surface area contributed by atoms with E-state index in [1.165, 1.54) is 0 Å². The molecule has 0 aromatic heterocycles. The number of rotatable bonds is 1. The molecule has 3 heteroatoms. The topological polar surface area (TPSA) is 44.6 Å². The summed E-state index contributed by atoms with van der Waals surface area (Å²) in [5, 5.41) is 15.3. The van der Waals surface area contributed by atoms with Crippen LogP contribution in [0.15, 0.2) is 41.4 Å². The predicted molar refractivity (Wildman–Crippen MR) is 65.0 cm³/mol. The molecule has 1 aliphatic rings. The second-order valence-electron chi connectivity index (χ2n) is 3.84. The van der Waals surface area contributed by atoms with E-state index in [0.717, 1.165) is 35.3 Å². The Morgan fingerprint density at radius 3 is 2.81 bits per heavy atom. The smallest absolute Gasteiger partial charge is 0.134 e. The number of aliphatic imine (C=N–C) groups is 1. The average Bonchev–Trinajstić information content (AvgIpc) is 2.83. The number of fused-ring (bicyclic) bond motifs is 1. The number of phenolic OH excluding ortho intramolecular Hbond substituents is 1. The summed E-state index contributed by atoms with van der Waals surface area (Å²) in [6.45, 7) is 1.63. The molecule has 3 rings (SSSR count). The maximum absolute atomic E-state index is 10.2. The Morgan fingerprint density at radius 2 is 2.00 bits per heavy atom. The van der Waals surface area contributed by atoms with Crippen LogP contribution in [0.3, 0.4) is 0 Å². The van der Waals surface area contributed by atoms with Gasteiger partial charge in [-0.05, 0) is 11.5 Å². The van der Waals surface area contributed by atoms with Gasteiger partial charge in [-0.2, -0.15) is 0 Å². The fraction of sp³-hybridized carbons (Fsp3) is 0.154. The van der Waals surface area contributed by atoms with Gasteiger partial charge in [-0.1, -0.05) is 30.3 Å². The first-order valence-corrected chi connectivity index (χ1v) is 5.36. The minimum absolute atomic E-state index is 0.311. The van der Waals surface area contributed by atoms with Gasteiger partial charge in [0.2, 0.25) is 0 Å². The molecule has 0 atom stereocenters. The zero-order valence-electron chi connectivity index (χ0n) is 8.77. The third-order valence-electron chi connectivity index (χ3n) is 2.83. The summed E-state index contributed by atoms with van der Waals surface area (Å²) in [4.78, 5) is 4.32. The van der Waals surface area contributed by atoms with E-state index in [9.17, 15) is 5.11 Å². The van der Waals surface area contributed by atoms with Crippen molar-refractivity contribution in [2.24, 2.45) is 4.99 Å². The number of hydrogen-bond acceptors (Lipinski definition) is 3. The Labute approximate surface area is 93.4 Å². The number of benzene rings is 2. The van der Waals surface area contributed by atoms with Crippen molar-refractivity contribution in [3.8, 4) is 5.75 Å². The van der Waals surface area contributed by atoms with Crippen LogP contribution in [0.1, 0.15) is 5.56 Å². The van der Waals surface area contributed by atoms with Gasteiger partial charge in [0.15, 0.2) is 0 Å². The summed E-state index contributed by atoms with van der Waals surface area (Å²) >= 11 is 0. The fourth-order valence-electron chi connectivity index (χ4n) is 2.02. The molecule has 0 fully saturated rings. The zero-order chi connectivity index (χ0) is 11.0. The van der Waals surface area contributed by atoms with Gasteiger partial charge in [-0.15, -0.1) is 0 Å². The Hall–Kier alpha value is -2.03. The Kier molecular flexibility index (Phi) is 2.03. The highest BCUT2D eigenvalue weighted by Gasteiger charge is 2.13. The molecule has 0 saturated heterocycles. The highest BCUT2D eigenvalue weighted by molar-refractivity contribution is 6.06. The Bertz CT molecular complexity index is 575. The molecule has 16 heavy (non-hydrogen) atoms. The first-order valence-electron chi connectivity index (χ1n) is 5.36. The van der Waals surface area contributed by atoms with E-state index >= 15 is 0 Å². The van der Waals surface area contributed by atoms with E-state index in [1.54, 1.807) is 0 Å². The van der Waals surface area contributed by atoms with Crippen molar-refractivity contribution in [3.63, 3.8) is 0 Å². The van der Waals surface area contributed by atoms with Gasteiger partial charge in [0.05, 0.1) is 12.1 Å². The van der Waals surface area contributed by atoms with Crippen molar-refractivity contribution in [2.45, 2.75) is 0 Å². The lowest BCUT2D eigenvalue weighted by Gasteiger charge is -2.08. The van der Waals surface area contributed by atoms with Crippen LogP contribution in [0.4, 0.5) is 0 Å². The predicted octanol–water partition coefficient (Wildman–Crippen LogP) is 1.90. The van der Waals surface area contributed by atoms with Gasteiger partial charge < -0.3 is 10.4 Å². The van der Waals surface area contributed by atoms with Crippen LogP contribution in [0, 0.1) is 0 Å². The molecular formula is C13H12N2O. The van der Waals surface area contributed by atoms with E-state index < -0.39 is 0 Å². The standard InChI is InChI=1S/C13H12N2O/c16-12-10-4-2-1-3-9(10)5-6-11(12)13-14-7-8-15-13/h1-6,16H,7-8H2,(H,14,15). The van der Waals surface area contributed by atoms with E-state index in [2.05, 4.69) is 10.3 Å². The van der Waals surface area contributed by atoms with Gasteiger partial charge in [-0.25, -0.2) is 0 Å². The van der Waals surface area contributed by atoms with E-state index in [1.807, 2.05) is 36.4 Å². The monoisotopic (exact) mass is 212 g/mol. The molecule has 2 N–H and O–H groups in total. The number of nitrogens with zero attached hydrogens (tertiary/aromatic N) is 1. The van der Waals surface area contributed by atoms with Crippen LogP contribution in [-0.4, -0.2) is 24.0 Å². The van der Waals surface area contributed by atoms with E-state index in [4.69, 9.17) is 0 Å².